The normalized spacial score (nSPS) is 10.2. The molecule has 0 amide bonds. The molecule has 0 spiro atoms. The maximum absolute atomic E-state index is 13.1. The number of benzene rings is 1. The highest BCUT2D eigenvalue weighted by Crippen LogP contribution is 2.10. The number of halogens is 1. The maximum atomic E-state index is 13.1. The SMILES string of the molecule is Cc1cccc(CNCc2cc(F)ccc2C#N)n1. The van der Waals surface area contributed by atoms with E-state index >= 15 is 0 Å². The Bertz CT molecular complexity index is 617. The summed E-state index contributed by atoms with van der Waals surface area (Å²) in [6.45, 7) is 2.96. The summed E-state index contributed by atoms with van der Waals surface area (Å²) < 4.78 is 13.1. The van der Waals surface area contributed by atoms with E-state index < -0.39 is 0 Å². The van der Waals surface area contributed by atoms with E-state index in [4.69, 9.17) is 5.26 Å². The lowest BCUT2D eigenvalue weighted by atomic mass is 10.1. The van der Waals surface area contributed by atoms with Crippen LogP contribution in [0, 0.1) is 24.1 Å². The highest BCUT2D eigenvalue weighted by molar-refractivity contribution is 5.37. The maximum Gasteiger partial charge on any atom is 0.123 e. The number of hydrogen-bond donors (Lipinski definition) is 1. The van der Waals surface area contributed by atoms with Crippen molar-refractivity contribution in [2.45, 2.75) is 20.0 Å². The fourth-order valence-corrected chi connectivity index (χ4v) is 1.84. The van der Waals surface area contributed by atoms with Gasteiger partial charge >= 0.3 is 0 Å². The third kappa shape index (κ3) is 3.60. The predicted octanol–water partition coefficient (Wildman–Crippen LogP) is 2.69. The van der Waals surface area contributed by atoms with Gasteiger partial charge in [-0.2, -0.15) is 5.26 Å². The van der Waals surface area contributed by atoms with Gasteiger partial charge in [0, 0.05) is 18.8 Å². The summed E-state index contributed by atoms with van der Waals surface area (Å²) in [5, 5.41) is 12.1. The van der Waals surface area contributed by atoms with Crippen molar-refractivity contribution in [2.75, 3.05) is 0 Å². The van der Waals surface area contributed by atoms with E-state index in [1.165, 1.54) is 18.2 Å². The molecule has 3 nitrogen and oxygen atoms in total. The number of nitrogens with one attached hydrogen (secondary N) is 1. The molecular weight excluding hydrogens is 241 g/mol. The molecule has 4 heteroatoms. The molecule has 1 N–H and O–H groups in total. The zero-order chi connectivity index (χ0) is 13.7. The quantitative estimate of drug-likeness (QED) is 0.913. The van der Waals surface area contributed by atoms with Gasteiger partial charge in [-0.25, -0.2) is 4.39 Å². The second-order valence-corrected chi connectivity index (χ2v) is 4.29. The minimum absolute atomic E-state index is 0.329. The Morgan fingerprint density at radius 3 is 2.84 bits per heavy atom. The van der Waals surface area contributed by atoms with Crippen LogP contribution >= 0.6 is 0 Å². The fraction of sp³-hybridized carbons (Fsp3) is 0.200. The Morgan fingerprint density at radius 1 is 1.26 bits per heavy atom. The fourth-order valence-electron chi connectivity index (χ4n) is 1.84. The predicted molar refractivity (Wildman–Crippen MR) is 70.6 cm³/mol. The largest absolute Gasteiger partial charge is 0.307 e. The number of hydrogen-bond acceptors (Lipinski definition) is 3. The zero-order valence-corrected chi connectivity index (χ0v) is 10.7. The molecule has 96 valence electrons. The van der Waals surface area contributed by atoms with E-state index in [9.17, 15) is 4.39 Å². The van der Waals surface area contributed by atoms with Crippen LogP contribution in [0.25, 0.3) is 0 Å². The van der Waals surface area contributed by atoms with Crippen molar-refractivity contribution in [3.63, 3.8) is 0 Å². The number of aromatic nitrogens is 1. The van der Waals surface area contributed by atoms with Crippen LogP contribution in [0.5, 0.6) is 0 Å². The van der Waals surface area contributed by atoms with Gasteiger partial charge in [-0.05, 0) is 42.8 Å². The second kappa shape index (κ2) is 6.07. The summed E-state index contributed by atoms with van der Waals surface area (Å²) in [6, 6.07) is 12.0. The molecule has 0 atom stereocenters. The van der Waals surface area contributed by atoms with Crippen LogP contribution in [0.15, 0.2) is 36.4 Å². The average molecular weight is 255 g/mol. The number of aryl methyl sites for hydroxylation is 1. The van der Waals surface area contributed by atoms with Crippen molar-refractivity contribution in [1.82, 2.24) is 10.3 Å². The van der Waals surface area contributed by atoms with Gasteiger partial charge in [0.25, 0.3) is 0 Å². The van der Waals surface area contributed by atoms with Crippen molar-refractivity contribution in [3.05, 3.63) is 64.7 Å². The van der Waals surface area contributed by atoms with Gasteiger partial charge in [0.1, 0.15) is 5.82 Å². The zero-order valence-electron chi connectivity index (χ0n) is 10.7. The molecule has 2 rings (SSSR count). The number of rotatable bonds is 4. The Hall–Kier alpha value is -2.25. The van der Waals surface area contributed by atoms with Gasteiger partial charge in [0.2, 0.25) is 0 Å². The number of nitrogens with zero attached hydrogens (tertiary/aromatic N) is 2. The molecule has 2 aromatic rings. The summed E-state index contributed by atoms with van der Waals surface area (Å²) in [4.78, 5) is 4.36. The first-order valence-corrected chi connectivity index (χ1v) is 6.01. The standard InChI is InChI=1S/C15H14FN3/c1-11-3-2-4-15(19-11)10-18-9-13-7-14(16)6-5-12(13)8-17/h2-7,18H,9-10H2,1H3. The van der Waals surface area contributed by atoms with Crippen LogP contribution in [0.4, 0.5) is 4.39 Å². The molecule has 1 aromatic heterocycles. The van der Waals surface area contributed by atoms with E-state index in [-0.39, 0.29) is 5.82 Å². The summed E-state index contributed by atoms with van der Waals surface area (Å²) in [7, 11) is 0. The molecule has 0 aliphatic carbocycles. The molecule has 1 heterocycles. The second-order valence-electron chi connectivity index (χ2n) is 4.29. The first kappa shape index (κ1) is 13.2. The van der Waals surface area contributed by atoms with Gasteiger partial charge in [-0.15, -0.1) is 0 Å². The molecule has 0 bridgehead atoms. The smallest absolute Gasteiger partial charge is 0.123 e. The van der Waals surface area contributed by atoms with Gasteiger partial charge < -0.3 is 5.32 Å². The molecule has 0 aliphatic rings. The molecular formula is C15H14FN3. The monoisotopic (exact) mass is 255 g/mol. The van der Waals surface area contributed by atoms with Gasteiger partial charge in [0.15, 0.2) is 0 Å². The molecule has 0 saturated carbocycles. The number of nitriles is 1. The average Bonchev–Trinajstić information content (AvgIpc) is 2.39. The first-order chi connectivity index (χ1) is 9.19. The minimum Gasteiger partial charge on any atom is -0.307 e. The van der Waals surface area contributed by atoms with Crippen molar-refractivity contribution in [1.29, 1.82) is 5.26 Å². The number of pyridine rings is 1. The van der Waals surface area contributed by atoms with E-state index in [0.717, 1.165) is 11.4 Å². The van der Waals surface area contributed by atoms with Gasteiger partial charge in [-0.3, -0.25) is 4.98 Å². The molecule has 0 radical (unpaired) electrons. The van der Waals surface area contributed by atoms with Gasteiger partial charge in [0.05, 0.1) is 17.3 Å². The summed E-state index contributed by atoms with van der Waals surface area (Å²) >= 11 is 0. The van der Waals surface area contributed by atoms with Crippen LogP contribution in [0.1, 0.15) is 22.5 Å². The lowest BCUT2D eigenvalue weighted by Crippen LogP contribution is -2.15. The van der Waals surface area contributed by atoms with Crippen LogP contribution in [-0.4, -0.2) is 4.98 Å². The third-order valence-corrected chi connectivity index (χ3v) is 2.76. The topological polar surface area (TPSA) is 48.7 Å². The Kier molecular flexibility index (Phi) is 4.22. The van der Waals surface area contributed by atoms with E-state index in [0.29, 0.717) is 24.2 Å². The van der Waals surface area contributed by atoms with Crippen molar-refractivity contribution >= 4 is 0 Å². The lowest BCUT2D eigenvalue weighted by Gasteiger charge is -2.07. The Labute approximate surface area is 111 Å². The summed E-state index contributed by atoms with van der Waals surface area (Å²) in [6.07, 6.45) is 0. The van der Waals surface area contributed by atoms with Crippen LogP contribution in [0.2, 0.25) is 0 Å². The van der Waals surface area contributed by atoms with E-state index in [1.807, 2.05) is 25.1 Å². The Morgan fingerprint density at radius 2 is 2.11 bits per heavy atom. The molecule has 0 unspecified atom stereocenters. The highest BCUT2D eigenvalue weighted by atomic mass is 19.1. The lowest BCUT2D eigenvalue weighted by molar-refractivity contribution is 0.618. The molecule has 1 aromatic carbocycles. The van der Waals surface area contributed by atoms with Gasteiger partial charge in [-0.1, -0.05) is 6.07 Å². The van der Waals surface area contributed by atoms with Crippen molar-refractivity contribution in [2.24, 2.45) is 0 Å². The summed E-state index contributed by atoms with van der Waals surface area (Å²) in [5.41, 5.74) is 3.04. The Balaban J connectivity index is 2.00. The van der Waals surface area contributed by atoms with E-state index in [1.54, 1.807) is 0 Å². The van der Waals surface area contributed by atoms with Crippen LogP contribution in [-0.2, 0) is 13.1 Å². The highest BCUT2D eigenvalue weighted by Gasteiger charge is 2.03. The molecule has 19 heavy (non-hydrogen) atoms. The molecule has 0 saturated heterocycles. The van der Waals surface area contributed by atoms with Crippen molar-refractivity contribution in [3.8, 4) is 6.07 Å². The minimum atomic E-state index is -0.329. The molecule has 0 fully saturated rings. The van der Waals surface area contributed by atoms with E-state index in [2.05, 4.69) is 16.4 Å². The molecule has 0 aliphatic heterocycles. The van der Waals surface area contributed by atoms with Crippen molar-refractivity contribution < 1.29 is 4.39 Å². The van der Waals surface area contributed by atoms with Crippen LogP contribution < -0.4 is 5.32 Å². The first-order valence-electron chi connectivity index (χ1n) is 6.01. The van der Waals surface area contributed by atoms with Crippen LogP contribution in [0.3, 0.4) is 0 Å². The summed E-state index contributed by atoms with van der Waals surface area (Å²) in [5.74, 6) is -0.329. The third-order valence-electron chi connectivity index (χ3n) is 2.76.